The van der Waals surface area contributed by atoms with Crippen molar-refractivity contribution >= 4 is 40.4 Å². The Morgan fingerprint density at radius 2 is 2.15 bits per heavy atom. The lowest BCUT2D eigenvalue weighted by molar-refractivity contribution is 0.401. The van der Waals surface area contributed by atoms with Crippen molar-refractivity contribution < 1.29 is 0 Å². The first-order valence-corrected chi connectivity index (χ1v) is 11.4. The summed E-state index contributed by atoms with van der Waals surface area (Å²) in [5.41, 5.74) is 1.63. The largest absolute Gasteiger partial charge is 0.355 e. The van der Waals surface area contributed by atoms with Crippen molar-refractivity contribution in [1.29, 1.82) is 0 Å². The zero-order chi connectivity index (χ0) is 19.1. The molecular formula is C17H22N6OS3. The molecule has 0 spiro atoms. The lowest BCUT2D eigenvalue weighted by Gasteiger charge is -2.06. The molecule has 3 heterocycles. The van der Waals surface area contributed by atoms with Crippen molar-refractivity contribution in [2.45, 2.75) is 18.7 Å². The van der Waals surface area contributed by atoms with Gasteiger partial charge in [0.05, 0.1) is 10.7 Å². The number of thiazole rings is 2. The number of nitrogens with zero attached hydrogens (tertiary/aromatic N) is 4. The van der Waals surface area contributed by atoms with Crippen molar-refractivity contribution in [2.24, 2.45) is 0 Å². The van der Waals surface area contributed by atoms with Crippen molar-refractivity contribution in [2.75, 3.05) is 31.7 Å². The van der Waals surface area contributed by atoms with E-state index in [2.05, 4.69) is 35.5 Å². The molecule has 0 unspecified atom stereocenters. The predicted molar refractivity (Wildman–Crippen MR) is 114 cm³/mol. The summed E-state index contributed by atoms with van der Waals surface area (Å²) in [5.74, 6) is 2.30. The summed E-state index contributed by atoms with van der Waals surface area (Å²) in [7, 11) is 4.09. The number of anilines is 1. The maximum Gasteiger partial charge on any atom is 0.255 e. The summed E-state index contributed by atoms with van der Waals surface area (Å²) in [6, 6.07) is 0. The second-order valence-electron chi connectivity index (χ2n) is 6.14. The van der Waals surface area contributed by atoms with Crippen LogP contribution in [0.2, 0.25) is 0 Å². The average Bonchev–Trinajstić information content (AvgIpc) is 3.28. The van der Waals surface area contributed by atoms with E-state index in [9.17, 15) is 4.79 Å². The number of hydrogen-bond donors (Lipinski definition) is 2. The van der Waals surface area contributed by atoms with Crippen LogP contribution >= 0.6 is 34.4 Å². The fourth-order valence-corrected chi connectivity index (χ4v) is 4.72. The van der Waals surface area contributed by atoms with E-state index in [4.69, 9.17) is 0 Å². The summed E-state index contributed by atoms with van der Waals surface area (Å²) in [4.78, 5) is 30.2. The summed E-state index contributed by atoms with van der Waals surface area (Å²) in [6.45, 7) is 1.61. The Balaban J connectivity index is 1.39. The molecule has 3 aromatic rings. The van der Waals surface area contributed by atoms with E-state index in [-0.39, 0.29) is 5.56 Å². The van der Waals surface area contributed by atoms with Crippen LogP contribution in [0.25, 0.3) is 0 Å². The Hall–Kier alpha value is -1.75. The molecule has 0 radical (unpaired) electrons. The Labute approximate surface area is 170 Å². The zero-order valence-electron chi connectivity index (χ0n) is 15.3. The third kappa shape index (κ3) is 6.42. The van der Waals surface area contributed by atoms with Crippen LogP contribution in [0.3, 0.4) is 0 Å². The Morgan fingerprint density at radius 1 is 1.26 bits per heavy atom. The van der Waals surface area contributed by atoms with Gasteiger partial charge in [0.1, 0.15) is 5.01 Å². The first kappa shape index (κ1) is 20.0. The number of hydrogen-bond acceptors (Lipinski definition) is 9. The maximum atomic E-state index is 12.1. The highest BCUT2D eigenvalue weighted by Gasteiger charge is 2.06. The van der Waals surface area contributed by atoms with Crippen LogP contribution in [0.5, 0.6) is 0 Å². The van der Waals surface area contributed by atoms with Gasteiger partial charge in [-0.1, -0.05) is 0 Å². The highest BCUT2D eigenvalue weighted by Crippen LogP contribution is 2.16. The number of thioether (sulfide) groups is 1. The van der Waals surface area contributed by atoms with Gasteiger partial charge in [0.15, 0.2) is 0 Å². The molecule has 0 aliphatic carbocycles. The molecule has 144 valence electrons. The standard InChI is InChI=1S/C17H22N6OS3/c1-23(2)9-15-21-13(11-27-15)10-25-5-3-19-17-20-8-12(16(24)22-17)7-14-18-4-6-26-14/h4,6,8,11H,3,5,7,9-10H2,1-2H3,(H2,19,20,22,24). The highest BCUT2D eigenvalue weighted by molar-refractivity contribution is 7.98. The number of aromatic nitrogens is 4. The number of nitrogens with one attached hydrogen (secondary N) is 2. The highest BCUT2D eigenvalue weighted by atomic mass is 32.2. The van der Waals surface area contributed by atoms with Crippen molar-refractivity contribution in [1.82, 2.24) is 24.8 Å². The van der Waals surface area contributed by atoms with Crippen LogP contribution < -0.4 is 10.9 Å². The van der Waals surface area contributed by atoms with Gasteiger partial charge in [-0.05, 0) is 14.1 Å². The van der Waals surface area contributed by atoms with Gasteiger partial charge in [0.25, 0.3) is 5.56 Å². The van der Waals surface area contributed by atoms with Crippen molar-refractivity contribution in [3.8, 4) is 0 Å². The van der Waals surface area contributed by atoms with Crippen LogP contribution in [-0.4, -0.2) is 51.2 Å². The van der Waals surface area contributed by atoms with Gasteiger partial charge >= 0.3 is 0 Å². The number of rotatable bonds is 10. The molecule has 3 rings (SSSR count). The molecule has 2 N–H and O–H groups in total. The molecule has 0 aliphatic heterocycles. The molecule has 27 heavy (non-hydrogen) atoms. The molecule has 0 saturated heterocycles. The summed E-state index contributed by atoms with van der Waals surface area (Å²) >= 11 is 5.05. The minimum atomic E-state index is -0.119. The minimum absolute atomic E-state index is 0.119. The fourth-order valence-electron chi connectivity index (χ4n) is 2.32. The van der Waals surface area contributed by atoms with E-state index < -0.39 is 0 Å². The Kier molecular flexibility index (Phi) is 7.39. The van der Waals surface area contributed by atoms with Crippen LogP contribution in [0.15, 0.2) is 27.9 Å². The van der Waals surface area contributed by atoms with Crippen molar-refractivity contribution in [3.63, 3.8) is 0 Å². The molecule has 0 fully saturated rings. The van der Waals surface area contributed by atoms with E-state index in [0.29, 0.717) is 17.9 Å². The van der Waals surface area contributed by atoms with Crippen LogP contribution in [0.1, 0.15) is 21.3 Å². The van der Waals surface area contributed by atoms with Crippen molar-refractivity contribution in [3.05, 3.63) is 54.8 Å². The molecule has 3 aromatic heterocycles. The molecular weight excluding hydrogens is 400 g/mol. The first-order valence-electron chi connectivity index (χ1n) is 8.46. The lowest BCUT2D eigenvalue weighted by atomic mass is 10.2. The second kappa shape index (κ2) is 9.98. The summed E-state index contributed by atoms with van der Waals surface area (Å²) in [6.07, 6.45) is 3.88. The molecule has 7 nitrogen and oxygen atoms in total. The third-order valence-corrected chi connectivity index (χ3v) is 6.19. The quantitative estimate of drug-likeness (QED) is 0.486. The van der Waals surface area contributed by atoms with Gasteiger partial charge < -0.3 is 10.2 Å². The predicted octanol–water partition coefficient (Wildman–Crippen LogP) is 2.68. The topological polar surface area (TPSA) is 86.8 Å². The van der Waals surface area contributed by atoms with Gasteiger partial charge in [-0.25, -0.2) is 15.0 Å². The van der Waals surface area contributed by atoms with E-state index >= 15 is 0 Å². The molecule has 10 heteroatoms. The van der Waals surface area contributed by atoms with E-state index in [1.54, 1.807) is 23.7 Å². The second-order valence-corrected chi connectivity index (χ2v) is 9.17. The third-order valence-electron chi connectivity index (χ3n) is 3.54. The summed E-state index contributed by atoms with van der Waals surface area (Å²) in [5, 5.41) is 9.25. The van der Waals surface area contributed by atoms with Crippen LogP contribution in [-0.2, 0) is 18.7 Å². The number of H-pyrrole nitrogens is 1. The monoisotopic (exact) mass is 422 g/mol. The molecule has 0 bridgehead atoms. The van der Waals surface area contributed by atoms with Gasteiger partial charge in [-0.3, -0.25) is 9.78 Å². The minimum Gasteiger partial charge on any atom is -0.355 e. The molecule has 0 atom stereocenters. The van der Waals surface area contributed by atoms with Crippen LogP contribution in [0, 0.1) is 0 Å². The average molecular weight is 423 g/mol. The maximum absolute atomic E-state index is 12.1. The smallest absolute Gasteiger partial charge is 0.255 e. The van der Waals surface area contributed by atoms with Gasteiger partial charge in [-0.15, -0.1) is 22.7 Å². The molecule has 0 amide bonds. The Bertz CT molecular complexity index is 890. The SMILES string of the molecule is CN(C)Cc1nc(CSCCNc2ncc(Cc3nccs3)c(=O)[nH]2)cs1. The first-order chi connectivity index (χ1) is 13.1. The Morgan fingerprint density at radius 3 is 2.89 bits per heavy atom. The molecule has 0 aliphatic rings. The van der Waals surface area contributed by atoms with Crippen LogP contribution in [0.4, 0.5) is 5.95 Å². The van der Waals surface area contributed by atoms with Gasteiger partial charge in [0.2, 0.25) is 5.95 Å². The lowest BCUT2D eigenvalue weighted by Crippen LogP contribution is -2.18. The van der Waals surface area contributed by atoms with Gasteiger partial charge in [-0.2, -0.15) is 11.8 Å². The van der Waals surface area contributed by atoms with E-state index in [0.717, 1.165) is 40.3 Å². The van der Waals surface area contributed by atoms with E-state index in [1.807, 2.05) is 31.2 Å². The normalized spacial score (nSPS) is 11.2. The van der Waals surface area contributed by atoms with E-state index in [1.165, 1.54) is 11.3 Å². The summed E-state index contributed by atoms with van der Waals surface area (Å²) < 4.78 is 0. The zero-order valence-corrected chi connectivity index (χ0v) is 17.7. The molecule has 0 aromatic carbocycles. The van der Waals surface area contributed by atoms with Gasteiger partial charge in [0, 0.05) is 59.7 Å². The fraction of sp³-hybridized carbons (Fsp3) is 0.412. The molecule has 0 saturated carbocycles. The number of aromatic amines is 1.